The quantitative estimate of drug-likeness (QED) is 0.673. The summed E-state index contributed by atoms with van der Waals surface area (Å²) in [6, 6.07) is 0.305. The number of nitrogens with one attached hydrogen (secondary N) is 1. The Balaban J connectivity index is 1.74. The number of likely N-dealkylation sites (tertiary alicyclic amines) is 2. The van der Waals surface area contributed by atoms with Gasteiger partial charge in [0.05, 0.1) is 13.1 Å². The summed E-state index contributed by atoms with van der Waals surface area (Å²) in [5.41, 5.74) is 5.66. The van der Waals surface area contributed by atoms with E-state index >= 15 is 0 Å². The molecule has 0 radical (unpaired) electrons. The molecule has 0 aromatic heterocycles. The van der Waals surface area contributed by atoms with E-state index in [4.69, 9.17) is 5.73 Å². The predicted molar refractivity (Wildman–Crippen MR) is 77.2 cm³/mol. The van der Waals surface area contributed by atoms with Crippen LogP contribution in [0.3, 0.4) is 0 Å². The fourth-order valence-corrected chi connectivity index (χ4v) is 3.07. The Hall–Kier alpha value is -1.47. The van der Waals surface area contributed by atoms with Crippen LogP contribution in [0, 0.1) is 5.92 Å². The first-order chi connectivity index (χ1) is 9.99. The normalized spacial score (nSPS) is 26.4. The molecule has 0 bridgehead atoms. The first-order valence-electron chi connectivity index (χ1n) is 7.54. The molecule has 0 aromatic rings. The number of hydrogen-bond donors (Lipinski definition) is 2. The largest absolute Gasteiger partial charge is 0.333 e. The Morgan fingerprint density at radius 2 is 2.05 bits per heavy atom. The van der Waals surface area contributed by atoms with Gasteiger partial charge in [0.15, 0.2) is 0 Å². The number of imide groups is 1. The van der Waals surface area contributed by atoms with E-state index in [0.717, 1.165) is 19.4 Å². The minimum atomic E-state index is -0.405. The summed E-state index contributed by atoms with van der Waals surface area (Å²) < 4.78 is 0. The standard InChI is InChI=1S/C14H24N4O3/c1-10-5-11(6-15)7-18(10)9-13(20)16-12(19)8-17-4-2-3-14(17)21/h10-11H,2-9,15H2,1H3,(H,16,19,20). The van der Waals surface area contributed by atoms with Crippen LogP contribution in [-0.2, 0) is 14.4 Å². The van der Waals surface area contributed by atoms with E-state index < -0.39 is 5.91 Å². The zero-order chi connectivity index (χ0) is 15.4. The number of rotatable bonds is 5. The molecule has 2 saturated heterocycles. The minimum Gasteiger partial charge on any atom is -0.333 e. The first kappa shape index (κ1) is 15.9. The molecular weight excluding hydrogens is 272 g/mol. The molecule has 118 valence electrons. The Morgan fingerprint density at radius 1 is 1.33 bits per heavy atom. The van der Waals surface area contributed by atoms with Crippen molar-refractivity contribution in [3.63, 3.8) is 0 Å². The van der Waals surface area contributed by atoms with Crippen molar-refractivity contribution in [1.29, 1.82) is 0 Å². The second-order valence-electron chi connectivity index (χ2n) is 6.01. The van der Waals surface area contributed by atoms with Gasteiger partial charge in [-0.05, 0) is 32.2 Å². The average Bonchev–Trinajstić information content (AvgIpc) is 2.97. The van der Waals surface area contributed by atoms with E-state index in [1.54, 1.807) is 0 Å². The molecule has 2 atom stereocenters. The predicted octanol–water partition coefficient (Wildman–Crippen LogP) is -1.08. The van der Waals surface area contributed by atoms with E-state index in [1.165, 1.54) is 4.90 Å². The lowest BCUT2D eigenvalue weighted by Gasteiger charge is -2.20. The van der Waals surface area contributed by atoms with Crippen LogP contribution in [0.4, 0.5) is 0 Å². The van der Waals surface area contributed by atoms with E-state index in [9.17, 15) is 14.4 Å². The second-order valence-corrected chi connectivity index (χ2v) is 6.01. The zero-order valence-corrected chi connectivity index (χ0v) is 12.5. The summed E-state index contributed by atoms with van der Waals surface area (Å²) in [4.78, 5) is 38.6. The van der Waals surface area contributed by atoms with Gasteiger partial charge >= 0.3 is 0 Å². The van der Waals surface area contributed by atoms with Gasteiger partial charge in [0.1, 0.15) is 0 Å². The molecule has 0 aromatic carbocycles. The van der Waals surface area contributed by atoms with Crippen LogP contribution in [0.15, 0.2) is 0 Å². The van der Waals surface area contributed by atoms with Crippen molar-refractivity contribution in [2.24, 2.45) is 11.7 Å². The number of nitrogens with zero attached hydrogens (tertiary/aromatic N) is 2. The molecule has 2 aliphatic heterocycles. The summed E-state index contributed by atoms with van der Waals surface area (Å²) in [7, 11) is 0. The second kappa shape index (κ2) is 7.00. The lowest BCUT2D eigenvalue weighted by atomic mass is 10.1. The van der Waals surface area contributed by atoms with Gasteiger partial charge in [-0.15, -0.1) is 0 Å². The van der Waals surface area contributed by atoms with Crippen LogP contribution in [0.1, 0.15) is 26.2 Å². The van der Waals surface area contributed by atoms with Gasteiger partial charge in [-0.25, -0.2) is 0 Å². The molecule has 7 heteroatoms. The van der Waals surface area contributed by atoms with Gasteiger partial charge in [-0.1, -0.05) is 0 Å². The van der Waals surface area contributed by atoms with E-state index in [1.807, 2.05) is 4.90 Å². The van der Waals surface area contributed by atoms with Crippen molar-refractivity contribution in [2.75, 3.05) is 32.7 Å². The maximum atomic E-state index is 11.9. The summed E-state index contributed by atoms with van der Waals surface area (Å²) in [6.45, 7) is 4.26. The summed E-state index contributed by atoms with van der Waals surface area (Å²) >= 11 is 0. The smallest absolute Gasteiger partial charge is 0.246 e. The molecule has 3 N–H and O–H groups in total. The molecule has 21 heavy (non-hydrogen) atoms. The number of amides is 3. The maximum Gasteiger partial charge on any atom is 0.246 e. The minimum absolute atomic E-state index is 0.0171. The Labute approximate surface area is 124 Å². The van der Waals surface area contributed by atoms with Crippen LogP contribution < -0.4 is 11.1 Å². The van der Waals surface area contributed by atoms with Gasteiger partial charge in [0.2, 0.25) is 17.7 Å². The Bertz CT molecular complexity index is 426. The highest BCUT2D eigenvalue weighted by molar-refractivity contribution is 5.98. The maximum absolute atomic E-state index is 11.9. The van der Waals surface area contributed by atoms with Crippen LogP contribution in [-0.4, -0.2) is 66.3 Å². The first-order valence-corrected chi connectivity index (χ1v) is 7.54. The SMILES string of the molecule is CC1CC(CN)CN1CC(=O)NC(=O)CN1CCCC1=O. The third-order valence-electron chi connectivity index (χ3n) is 4.26. The highest BCUT2D eigenvalue weighted by atomic mass is 16.2. The van der Waals surface area contributed by atoms with Gasteiger partial charge in [-0.2, -0.15) is 0 Å². The average molecular weight is 296 g/mol. The van der Waals surface area contributed by atoms with Gasteiger partial charge in [0, 0.05) is 25.6 Å². The monoisotopic (exact) mass is 296 g/mol. The number of carbonyl (C=O) groups is 3. The van der Waals surface area contributed by atoms with Gasteiger partial charge in [-0.3, -0.25) is 24.6 Å². The van der Waals surface area contributed by atoms with Crippen LogP contribution in [0.25, 0.3) is 0 Å². The lowest BCUT2D eigenvalue weighted by molar-refractivity contribution is -0.136. The lowest BCUT2D eigenvalue weighted by Crippen LogP contribution is -2.45. The van der Waals surface area contributed by atoms with E-state index in [0.29, 0.717) is 31.5 Å². The summed E-state index contributed by atoms with van der Waals surface area (Å²) in [6.07, 6.45) is 2.26. The molecule has 2 aliphatic rings. The summed E-state index contributed by atoms with van der Waals surface area (Å²) in [5.74, 6) is -0.309. The molecule has 0 spiro atoms. The van der Waals surface area contributed by atoms with Gasteiger partial charge in [0.25, 0.3) is 0 Å². The molecule has 2 fully saturated rings. The number of carbonyl (C=O) groups excluding carboxylic acids is 3. The number of nitrogens with two attached hydrogens (primary N) is 1. The molecule has 2 unspecified atom stereocenters. The van der Waals surface area contributed by atoms with Crippen LogP contribution in [0.5, 0.6) is 0 Å². The van der Waals surface area contributed by atoms with Gasteiger partial charge < -0.3 is 10.6 Å². The van der Waals surface area contributed by atoms with Crippen molar-refractivity contribution < 1.29 is 14.4 Å². The number of hydrogen-bond acceptors (Lipinski definition) is 5. The molecule has 0 saturated carbocycles. The van der Waals surface area contributed by atoms with Crippen LogP contribution in [0.2, 0.25) is 0 Å². The van der Waals surface area contributed by atoms with E-state index in [-0.39, 0.29) is 24.9 Å². The molecule has 0 aliphatic carbocycles. The fraction of sp³-hybridized carbons (Fsp3) is 0.786. The third kappa shape index (κ3) is 4.25. The van der Waals surface area contributed by atoms with Crippen molar-refractivity contribution in [1.82, 2.24) is 15.1 Å². The molecule has 2 rings (SSSR count). The molecular formula is C14H24N4O3. The topological polar surface area (TPSA) is 95.7 Å². The van der Waals surface area contributed by atoms with Crippen LogP contribution >= 0.6 is 0 Å². The molecule has 7 nitrogen and oxygen atoms in total. The van der Waals surface area contributed by atoms with E-state index in [2.05, 4.69) is 12.2 Å². The molecule has 3 amide bonds. The highest BCUT2D eigenvalue weighted by Crippen LogP contribution is 2.21. The highest BCUT2D eigenvalue weighted by Gasteiger charge is 2.30. The Kier molecular flexibility index (Phi) is 5.30. The zero-order valence-electron chi connectivity index (χ0n) is 12.5. The third-order valence-corrected chi connectivity index (χ3v) is 4.26. The van der Waals surface area contributed by atoms with Crippen molar-refractivity contribution in [3.8, 4) is 0 Å². The van der Waals surface area contributed by atoms with Crippen molar-refractivity contribution in [3.05, 3.63) is 0 Å². The molecule has 2 heterocycles. The van der Waals surface area contributed by atoms with Crippen molar-refractivity contribution in [2.45, 2.75) is 32.2 Å². The fourth-order valence-electron chi connectivity index (χ4n) is 3.07. The summed E-state index contributed by atoms with van der Waals surface area (Å²) in [5, 5.41) is 2.36. The van der Waals surface area contributed by atoms with Crippen molar-refractivity contribution >= 4 is 17.7 Å². The Morgan fingerprint density at radius 3 is 2.62 bits per heavy atom.